The number of carbonyl (C=O) groups excluding carboxylic acids is 3. The molecule has 0 rings (SSSR count). The summed E-state index contributed by atoms with van der Waals surface area (Å²) in [7, 11) is 0. The number of allylic oxidation sites excluding steroid dienone is 34. The summed E-state index contributed by atoms with van der Waals surface area (Å²) in [5.41, 5.74) is 0. The molecular formula is C73H108O6. The van der Waals surface area contributed by atoms with Crippen molar-refractivity contribution in [2.75, 3.05) is 13.2 Å². The Morgan fingerprint density at radius 3 is 0.722 bits per heavy atom. The van der Waals surface area contributed by atoms with Gasteiger partial charge in [-0.1, -0.05) is 240 Å². The van der Waals surface area contributed by atoms with Gasteiger partial charge in [0, 0.05) is 19.3 Å². The number of ether oxygens (including phenoxy) is 3. The third-order valence-corrected chi connectivity index (χ3v) is 11.8. The van der Waals surface area contributed by atoms with Gasteiger partial charge in [0.2, 0.25) is 0 Å². The van der Waals surface area contributed by atoms with Crippen LogP contribution < -0.4 is 0 Å². The number of carbonyl (C=O) groups is 3. The molecule has 0 bridgehead atoms. The van der Waals surface area contributed by atoms with Crippen molar-refractivity contribution >= 4 is 17.9 Å². The molecule has 0 radical (unpaired) electrons. The van der Waals surface area contributed by atoms with Gasteiger partial charge in [-0.2, -0.15) is 0 Å². The van der Waals surface area contributed by atoms with E-state index in [0.717, 1.165) is 167 Å². The first-order valence-corrected chi connectivity index (χ1v) is 30.6. The molecular weight excluding hydrogens is 973 g/mol. The molecule has 0 aromatic carbocycles. The van der Waals surface area contributed by atoms with Crippen LogP contribution in [0.3, 0.4) is 0 Å². The van der Waals surface area contributed by atoms with Crippen LogP contribution in [0.5, 0.6) is 0 Å². The zero-order valence-electron chi connectivity index (χ0n) is 49.8. The number of hydrogen-bond donors (Lipinski definition) is 0. The molecule has 436 valence electrons. The Morgan fingerprint density at radius 2 is 0.468 bits per heavy atom. The number of unbranched alkanes of at least 4 members (excludes halogenated alkanes) is 7. The zero-order valence-corrected chi connectivity index (χ0v) is 49.8. The average molecular weight is 1080 g/mol. The molecule has 0 spiro atoms. The second-order valence-electron chi connectivity index (χ2n) is 19.1. The lowest BCUT2D eigenvalue weighted by Crippen LogP contribution is -2.30. The maximum absolute atomic E-state index is 12.8. The summed E-state index contributed by atoms with van der Waals surface area (Å²) in [6.45, 7) is 6.16. The summed E-state index contributed by atoms with van der Waals surface area (Å²) < 4.78 is 16.8. The van der Waals surface area contributed by atoms with Crippen molar-refractivity contribution in [1.82, 2.24) is 0 Å². The van der Waals surface area contributed by atoms with Crippen molar-refractivity contribution in [3.05, 3.63) is 207 Å². The van der Waals surface area contributed by atoms with Crippen LogP contribution in [0.15, 0.2) is 207 Å². The Kier molecular flexibility index (Phi) is 59.6. The standard InChI is InChI=1S/C73H108O6/c1-4-7-10-13-16-19-22-25-27-29-30-31-32-33-34-35-36-37-38-39-40-41-42-44-45-48-51-54-57-60-63-66-72(75)78-69-70(68-77-71(74)65-62-59-56-53-50-47-24-21-18-15-12-9-6-3)79-73(76)67-64-61-58-55-52-49-46-43-28-26-23-20-17-14-11-8-5-2/h7-12,16-21,25-28,30-31,33-34,36-37,39-40,42,44,46-51,55,58,70H,4-6,13-15,22-24,29,32,35,38,41,43,45,52-54,56-57,59-69H2,1-3H3/b10-7-,11-8-,12-9-,19-16-,20-17-,21-18-,27-25-,28-26-,31-30-,34-33-,37-36-,40-39-,44-42-,49-46-,50-47-,51-48-,58-55-. The van der Waals surface area contributed by atoms with Crippen LogP contribution in [0, 0.1) is 0 Å². The minimum absolute atomic E-state index is 0.138. The molecule has 0 aromatic rings. The summed E-state index contributed by atoms with van der Waals surface area (Å²) in [5.74, 6) is -1.07. The maximum atomic E-state index is 12.8. The molecule has 6 nitrogen and oxygen atoms in total. The summed E-state index contributed by atoms with van der Waals surface area (Å²) in [6.07, 6.45) is 99.8. The van der Waals surface area contributed by atoms with Gasteiger partial charge in [-0.25, -0.2) is 0 Å². The second-order valence-corrected chi connectivity index (χ2v) is 19.1. The average Bonchev–Trinajstić information content (AvgIpc) is 3.45. The van der Waals surface area contributed by atoms with Crippen LogP contribution in [0.25, 0.3) is 0 Å². The van der Waals surface area contributed by atoms with E-state index in [9.17, 15) is 14.4 Å². The van der Waals surface area contributed by atoms with Gasteiger partial charge in [-0.15, -0.1) is 0 Å². The fourth-order valence-electron chi connectivity index (χ4n) is 7.31. The Labute approximate surface area is 483 Å². The highest BCUT2D eigenvalue weighted by molar-refractivity contribution is 5.71. The quantitative estimate of drug-likeness (QED) is 0.0261. The monoisotopic (exact) mass is 1080 g/mol. The molecule has 0 amide bonds. The van der Waals surface area contributed by atoms with Gasteiger partial charge in [0.1, 0.15) is 13.2 Å². The highest BCUT2D eigenvalue weighted by atomic mass is 16.6. The minimum atomic E-state index is -0.848. The van der Waals surface area contributed by atoms with E-state index < -0.39 is 12.1 Å². The van der Waals surface area contributed by atoms with Crippen LogP contribution in [-0.4, -0.2) is 37.2 Å². The van der Waals surface area contributed by atoms with Gasteiger partial charge in [0.25, 0.3) is 0 Å². The molecule has 0 saturated carbocycles. The molecule has 0 fully saturated rings. The largest absolute Gasteiger partial charge is 0.462 e. The van der Waals surface area contributed by atoms with Gasteiger partial charge < -0.3 is 14.2 Å². The molecule has 0 N–H and O–H groups in total. The summed E-state index contributed by atoms with van der Waals surface area (Å²) in [6, 6.07) is 0. The first kappa shape index (κ1) is 73.0. The van der Waals surface area contributed by atoms with Crippen molar-refractivity contribution in [3.63, 3.8) is 0 Å². The normalized spacial score (nSPS) is 13.6. The predicted octanol–water partition coefficient (Wildman–Crippen LogP) is 21.2. The van der Waals surface area contributed by atoms with E-state index in [4.69, 9.17) is 14.2 Å². The Bertz CT molecular complexity index is 1960. The Morgan fingerprint density at radius 1 is 0.253 bits per heavy atom. The van der Waals surface area contributed by atoms with Gasteiger partial charge in [0.05, 0.1) is 0 Å². The predicted molar refractivity (Wildman–Crippen MR) is 343 cm³/mol. The molecule has 1 atom stereocenters. The van der Waals surface area contributed by atoms with E-state index in [-0.39, 0.29) is 38.0 Å². The molecule has 0 heterocycles. The molecule has 0 aromatic heterocycles. The zero-order chi connectivity index (χ0) is 57.1. The van der Waals surface area contributed by atoms with Crippen molar-refractivity contribution in [2.24, 2.45) is 0 Å². The van der Waals surface area contributed by atoms with E-state index >= 15 is 0 Å². The van der Waals surface area contributed by atoms with Gasteiger partial charge in [-0.3, -0.25) is 14.4 Å². The van der Waals surface area contributed by atoms with Gasteiger partial charge >= 0.3 is 17.9 Å². The number of rotatable bonds is 52. The third kappa shape index (κ3) is 62.7. The van der Waals surface area contributed by atoms with E-state index in [1.807, 2.05) is 0 Å². The highest BCUT2D eigenvalue weighted by Crippen LogP contribution is 2.11. The van der Waals surface area contributed by atoms with Crippen molar-refractivity contribution in [1.29, 1.82) is 0 Å². The Hall–Kier alpha value is -6.01. The summed E-state index contributed by atoms with van der Waals surface area (Å²) in [4.78, 5) is 38.2. The van der Waals surface area contributed by atoms with E-state index in [0.29, 0.717) is 12.8 Å². The fourth-order valence-corrected chi connectivity index (χ4v) is 7.31. The maximum Gasteiger partial charge on any atom is 0.306 e. The number of esters is 3. The Balaban J connectivity index is 4.51. The number of hydrogen-bond acceptors (Lipinski definition) is 6. The van der Waals surface area contributed by atoms with Gasteiger partial charge in [0.15, 0.2) is 6.10 Å². The first-order valence-electron chi connectivity index (χ1n) is 30.6. The smallest absolute Gasteiger partial charge is 0.306 e. The summed E-state index contributed by atoms with van der Waals surface area (Å²) in [5, 5.41) is 0. The van der Waals surface area contributed by atoms with Crippen molar-refractivity contribution < 1.29 is 28.6 Å². The van der Waals surface area contributed by atoms with E-state index in [2.05, 4.69) is 227 Å². The molecule has 79 heavy (non-hydrogen) atoms. The van der Waals surface area contributed by atoms with E-state index in [1.54, 1.807) is 0 Å². The third-order valence-electron chi connectivity index (χ3n) is 11.8. The molecule has 6 heteroatoms. The van der Waals surface area contributed by atoms with Gasteiger partial charge in [-0.05, 0) is 161 Å². The lowest BCUT2D eigenvalue weighted by Gasteiger charge is -2.18. The van der Waals surface area contributed by atoms with Crippen LogP contribution in [0.4, 0.5) is 0 Å². The SMILES string of the molecule is CC/C=C\C/C=C\C/C=C\C/C=C\C/C=C\C/C=C\C/C=C\C/C=C\C/C=C\CCCCCC(=O)OCC(COC(=O)CCCCC/C=C\C/C=C\C/C=C\CC)OC(=O)CCC/C=C\C/C=C\C/C=C\C/C=C\C/C=C\CC. The lowest BCUT2D eigenvalue weighted by molar-refractivity contribution is -0.167. The fraction of sp³-hybridized carbons (Fsp3) is 0.493. The second kappa shape index (κ2) is 64.5. The van der Waals surface area contributed by atoms with E-state index in [1.165, 1.54) is 0 Å². The first-order chi connectivity index (χ1) is 39.0. The van der Waals surface area contributed by atoms with Crippen molar-refractivity contribution in [3.8, 4) is 0 Å². The summed E-state index contributed by atoms with van der Waals surface area (Å²) >= 11 is 0. The van der Waals surface area contributed by atoms with Crippen LogP contribution in [0.2, 0.25) is 0 Å². The van der Waals surface area contributed by atoms with Crippen LogP contribution >= 0.6 is 0 Å². The van der Waals surface area contributed by atoms with Crippen molar-refractivity contribution in [2.45, 2.75) is 219 Å². The molecule has 0 aliphatic heterocycles. The molecule has 1 unspecified atom stereocenters. The minimum Gasteiger partial charge on any atom is -0.462 e. The highest BCUT2D eigenvalue weighted by Gasteiger charge is 2.19. The molecule has 0 saturated heterocycles. The molecule has 0 aliphatic rings. The molecule has 0 aliphatic carbocycles. The topological polar surface area (TPSA) is 78.9 Å². The van der Waals surface area contributed by atoms with Crippen LogP contribution in [0.1, 0.15) is 213 Å². The lowest BCUT2D eigenvalue weighted by atomic mass is 10.1. The van der Waals surface area contributed by atoms with Crippen LogP contribution in [-0.2, 0) is 28.6 Å².